The third-order valence-electron chi connectivity index (χ3n) is 3.21. The zero-order chi connectivity index (χ0) is 17.0. The van der Waals surface area contributed by atoms with Crippen LogP contribution >= 0.6 is 15.9 Å². The van der Waals surface area contributed by atoms with E-state index in [0.29, 0.717) is 5.56 Å². The van der Waals surface area contributed by atoms with Crippen LogP contribution in [0.3, 0.4) is 0 Å². The molecule has 0 aromatic heterocycles. The van der Waals surface area contributed by atoms with Crippen molar-refractivity contribution in [1.29, 1.82) is 0 Å². The second-order valence-electron chi connectivity index (χ2n) is 5.10. The van der Waals surface area contributed by atoms with E-state index < -0.39 is 10.0 Å². The molecule has 0 bridgehead atoms. The number of hydrogen-bond donors (Lipinski definition) is 1. The second-order valence-corrected chi connectivity index (χ2v) is 8.17. The van der Waals surface area contributed by atoms with Crippen LogP contribution in [0.5, 0.6) is 0 Å². The normalized spacial score (nSPS) is 11.5. The first-order valence-corrected chi connectivity index (χ1v) is 9.09. The molecule has 0 aliphatic rings. The van der Waals surface area contributed by atoms with E-state index in [0.717, 1.165) is 14.5 Å². The van der Waals surface area contributed by atoms with Crippen molar-refractivity contribution in [3.63, 3.8) is 0 Å². The standard InChI is InChI=1S/C16H17BrN2O3S/c1-19(2)23(21,22)15-8-3-5-12(9-15)16(20)11-18-14-7-4-6-13(17)10-14/h3-10,18H,11H2,1-2H3. The molecule has 2 rings (SSSR count). The average molecular weight is 397 g/mol. The molecular weight excluding hydrogens is 380 g/mol. The first-order valence-electron chi connectivity index (χ1n) is 6.86. The monoisotopic (exact) mass is 396 g/mol. The highest BCUT2D eigenvalue weighted by molar-refractivity contribution is 9.10. The molecule has 23 heavy (non-hydrogen) atoms. The Kier molecular flexibility index (Phi) is 5.56. The van der Waals surface area contributed by atoms with Crippen molar-refractivity contribution in [3.8, 4) is 0 Å². The topological polar surface area (TPSA) is 66.5 Å². The predicted octanol–water partition coefficient (Wildman–Crippen LogP) is 2.99. The fourth-order valence-corrected chi connectivity index (χ4v) is 3.27. The average Bonchev–Trinajstić information content (AvgIpc) is 2.52. The number of rotatable bonds is 6. The van der Waals surface area contributed by atoms with Gasteiger partial charge in [-0.1, -0.05) is 34.1 Å². The van der Waals surface area contributed by atoms with Gasteiger partial charge in [0.05, 0.1) is 11.4 Å². The summed E-state index contributed by atoms with van der Waals surface area (Å²) >= 11 is 3.36. The van der Waals surface area contributed by atoms with Gasteiger partial charge in [0.1, 0.15) is 0 Å². The highest BCUT2D eigenvalue weighted by Gasteiger charge is 2.18. The van der Waals surface area contributed by atoms with E-state index in [-0.39, 0.29) is 17.2 Å². The maximum atomic E-state index is 12.3. The number of anilines is 1. The lowest BCUT2D eigenvalue weighted by molar-refractivity contribution is 0.101. The van der Waals surface area contributed by atoms with Crippen LogP contribution in [0.2, 0.25) is 0 Å². The number of carbonyl (C=O) groups excluding carboxylic acids is 1. The Bertz CT molecular complexity index is 820. The van der Waals surface area contributed by atoms with Crippen LogP contribution in [0.25, 0.3) is 0 Å². The summed E-state index contributed by atoms with van der Waals surface area (Å²) in [6, 6.07) is 13.5. The molecule has 1 N–H and O–H groups in total. The van der Waals surface area contributed by atoms with Crippen LogP contribution in [0.15, 0.2) is 57.9 Å². The molecule has 0 aliphatic carbocycles. The molecule has 122 valence electrons. The van der Waals surface area contributed by atoms with Crippen molar-refractivity contribution >= 4 is 37.4 Å². The molecule has 0 aliphatic heterocycles. The summed E-state index contributed by atoms with van der Waals surface area (Å²) in [5.41, 5.74) is 1.17. The first kappa shape index (κ1) is 17.7. The molecule has 2 aromatic rings. The number of benzene rings is 2. The minimum Gasteiger partial charge on any atom is -0.378 e. The van der Waals surface area contributed by atoms with E-state index in [9.17, 15) is 13.2 Å². The summed E-state index contributed by atoms with van der Waals surface area (Å²) < 4.78 is 26.3. The second kappa shape index (κ2) is 7.25. The number of hydrogen-bond acceptors (Lipinski definition) is 4. The van der Waals surface area contributed by atoms with Gasteiger partial charge in [-0.2, -0.15) is 0 Å². The van der Waals surface area contributed by atoms with Crippen molar-refractivity contribution in [2.75, 3.05) is 26.0 Å². The van der Waals surface area contributed by atoms with Gasteiger partial charge in [0.25, 0.3) is 0 Å². The third kappa shape index (κ3) is 4.40. The summed E-state index contributed by atoms with van der Waals surface area (Å²) in [7, 11) is -0.637. The van der Waals surface area contributed by atoms with Crippen LogP contribution in [0, 0.1) is 0 Å². The fourth-order valence-electron chi connectivity index (χ4n) is 1.92. The summed E-state index contributed by atoms with van der Waals surface area (Å²) in [5.74, 6) is -0.180. The van der Waals surface area contributed by atoms with Crippen molar-refractivity contribution in [2.45, 2.75) is 4.90 Å². The van der Waals surface area contributed by atoms with E-state index in [4.69, 9.17) is 0 Å². The molecule has 0 unspecified atom stereocenters. The molecule has 0 fully saturated rings. The Morgan fingerprint density at radius 1 is 1.13 bits per heavy atom. The van der Waals surface area contributed by atoms with E-state index in [1.54, 1.807) is 12.1 Å². The molecule has 5 nitrogen and oxygen atoms in total. The van der Waals surface area contributed by atoms with E-state index >= 15 is 0 Å². The number of sulfonamides is 1. The maximum absolute atomic E-state index is 12.3. The Morgan fingerprint density at radius 3 is 2.48 bits per heavy atom. The zero-order valence-corrected chi connectivity index (χ0v) is 15.2. The number of nitrogens with one attached hydrogen (secondary N) is 1. The van der Waals surface area contributed by atoms with E-state index in [1.807, 2.05) is 24.3 Å². The van der Waals surface area contributed by atoms with Crippen LogP contribution in [-0.2, 0) is 10.0 Å². The van der Waals surface area contributed by atoms with Gasteiger partial charge >= 0.3 is 0 Å². The minimum atomic E-state index is -3.55. The van der Waals surface area contributed by atoms with Crippen molar-refractivity contribution in [2.24, 2.45) is 0 Å². The molecule has 0 atom stereocenters. The van der Waals surface area contributed by atoms with Gasteiger partial charge in [-0.25, -0.2) is 12.7 Å². The predicted molar refractivity (Wildman–Crippen MR) is 94.3 cm³/mol. The molecule has 7 heteroatoms. The first-order chi connectivity index (χ1) is 10.8. The minimum absolute atomic E-state index is 0.0852. The molecule has 0 spiro atoms. The Labute approximate surface area is 144 Å². The van der Waals surface area contributed by atoms with E-state index in [2.05, 4.69) is 21.2 Å². The molecular formula is C16H17BrN2O3S. The smallest absolute Gasteiger partial charge is 0.242 e. The molecule has 0 saturated carbocycles. The molecule has 0 radical (unpaired) electrons. The van der Waals surface area contributed by atoms with Crippen LogP contribution in [0.1, 0.15) is 10.4 Å². The lowest BCUT2D eigenvalue weighted by Crippen LogP contribution is -2.22. The summed E-state index contributed by atoms with van der Waals surface area (Å²) in [4.78, 5) is 12.4. The van der Waals surface area contributed by atoms with Crippen LogP contribution < -0.4 is 5.32 Å². The number of nitrogens with zero attached hydrogens (tertiary/aromatic N) is 1. The van der Waals surface area contributed by atoms with Crippen molar-refractivity contribution in [1.82, 2.24) is 4.31 Å². The number of Topliss-reactive ketones (excluding diaryl/α,β-unsaturated/α-hetero) is 1. The van der Waals surface area contributed by atoms with E-state index in [1.165, 1.54) is 26.2 Å². The molecule has 0 amide bonds. The lowest BCUT2D eigenvalue weighted by atomic mass is 10.1. The van der Waals surface area contributed by atoms with Gasteiger partial charge in [-0.3, -0.25) is 4.79 Å². The van der Waals surface area contributed by atoms with Gasteiger partial charge in [0.2, 0.25) is 10.0 Å². The zero-order valence-electron chi connectivity index (χ0n) is 12.8. The van der Waals surface area contributed by atoms with Gasteiger partial charge in [0, 0.05) is 29.8 Å². The van der Waals surface area contributed by atoms with Gasteiger partial charge in [-0.05, 0) is 30.3 Å². The quantitative estimate of drug-likeness (QED) is 0.762. The Balaban J connectivity index is 2.14. The SMILES string of the molecule is CN(C)S(=O)(=O)c1cccc(C(=O)CNc2cccc(Br)c2)c1. The van der Waals surface area contributed by atoms with Gasteiger partial charge in [0.15, 0.2) is 5.78 Å². The molecule has 0 saturated heterocycles. The number of ketones is 1. The Hall–Kier alpha value is -1.70. The van der Waals surface area contributed by atoms with Crippen LogP contribution in [-0.4, -0.2) is 39.1 Å². The van der Waals surface area contributed by atoms with Crippen molar-refractivity contribution < 1.29 is 13.2 Å². The highest BCUT2D eigenvalue weighted by atomic mass is 79.9. The molecule has 2 aromatic carbocycles. The summed E-state index contributed by atoms with van der Waals surface area (Å²) in [6.07, 6.45) is 0. The number of carbonyl (C=O) groups is 1. The molecule has 0 heterocycles. The Morgan fingerprint density at radius 2 is 1.83 bits per heavy atom. The maximum Gasteiger partial charge on any atom is 0.242 e. The largest absolute Gasteiger partial charge is 0.378 e. The van der Waals surface area contributed by atoms with Gasteiger partial charge < -0.3 is 5.32 Å². The number of halogens is 1. The van der Waals surface area contributed by atoms with Gasteiger partial charge in [-0.15, -0.1) is 0 Å². The van der Waals surface area contributed by atoms with Crippen LogP contribution in [0.4, 0.5) is 5.69 Å². The summed E-state index contributed by atoms with van der Waals surface area (Å²) in [5, 5.41) is 3.03. The highest BCUT2D eigenvalue weighted by Crippen LogP contribution is 2.17. The summed E-state index contributed by atoms with van der Waals surface area (Å²) in [6.45, 7) is 0.0852. The fraction of sp³-hybridized carbons (Fsp3) is 0.188. The third-order valence-corrected chi connectivity index (χ3v) is 5.52. The van der Waals surface area contributed by atoms with Crippen molar-refractivity contribution in [3.05, 3.63) is 58.6 Å². The lowest BCUT2D eigenvalue weighted by Gasteiger charge is -2.12.